The molecule has 0 aliphatic rings. The smallest absolute Gasteiger partial charge is 0.312 e. The molecule has 0 atom stereocenters. The Morgan fingerprint density at radius 2 is 1.95 bits per heavy atom. The van der Waals surface area contributed by atoms with E-state index in [4.69, 9.17) is 0 Å². The SMILES string of the molecule is O=[N+]([O-])c1cc(Br)cc(C/C=C/c2ccccc2)c1O. The molecular weight excluding hydrogens is 322 g/mol. The van der Waals surface area contributed by atoms with Gasteiger partial charge in [-0.2, -0.15) is 0 Å². The van der Waals surface area contributed by atoms with Crippen molar-refractivity contribution in [2.45, 2.75) is 6.42 Å². The summed E-state index contributed by atoms with van der Waals surface area (Å²) < 4.78 is 0.574. The summed E-state index contributed by atoms with van der Waals surface area (Å²) in [4.78, 5) is 10.2. The van der Waals surface area contributed by atoms with Gasteiger partial charge in [-0.3, -0.25) is 10.1 Å². The quantitative estimate of drug-likeness (QED) is 0.669. The van der Waals surface area contributed by atoms with Crippen LogP contribution in [0.25, 0.3) is 6.08 Å². The topological polar surface area (TPSA) is 63.4 Å². The standard InChI is InChI=1S/C15H12BrNO3/c16-13-9-12(15(18)14(10-13)17(19)20)8-4-7-11-5-2-1-3-6-11/h1-7,9-10,18H,8H2/b7-4+. The van der Waals surface area contributed by atoms with Crippen LogP contribution in [0.1, 0.15) is 11.1 Å². The summed E-state index contributed by atoms with van der Waals surface area (Å²) in [5.74, 6) is -0.282. The number of allylic oxidation sites excluding steroid dienone is 1. The maximum absolute atomic E-state index is 10.8. The number of phenols is 1. The minimum absolute atomic E-state index is 0.282. The molecule has 102 valence electrons. The fourth-order valence-electron chi connectivity index (χ4n) is 1.82. The summed E-state index contributed by atoms with van der Waals surface area (Å²) in [5.41, 5.74) is 1.26. The average Bonchev–Trinajstić information content (AvgIpc) is 2.43. The van der Waals surface area contributed by atoms with Gasteiger partial charge >= 0.3 is 5.69 Å². The highest BCUT2D eigenvalue weighted by atomic mass is 79.9. The monoisotopic (exact) mass is 333 g/mol. The summed E-state index contributed by atoms with van der Waals surface area (Å²) in [6.07, 6.45) is 4.19. The van der Waals surface area contributed by atoms with Gasteiger partial charge < -0.3 is 5.11 Å². The first kappa shape index (κ1) is 14.3. The number of nitrogens with zero attached hydrogens (tertiary/aromatic N) is 1. The minimum atomic E-state index is -0.593. The fraction of sp³-hybridized carbons (Fsp3) is 0.0667. The highest BCUT2D eigenvalue weighted by Gasteiger charge is 2.17. The molecule has 5 heteroatoms. The van der Waals surface area contributed by atoms with E-state index in [1.165, 1.54) is 6.07 Å². The van der Waals surface area contributed by atoms with Crippen molar-refractivity contribution in [3.8, 4) is 5.75 Å². The zero-order valence-corrected chi connectivity index (χ0v) is 12.1. The lowest BCUT2D eigenvalue weighted by molar-refractivity contribution is -0.386. The predicted octanol–water partition coefficient (Wildman–Crippen LogP) is 4.32. The number of nitro benzene ring substituents is 1. The molecule has 0 saturated heterocycles. The van der Waals surface area contributed by atoms with Crippen LogP contribution in [-0.2, 0) is 6.42 Å². The number of hydrogen-bond acceptors (Lipinski definition) is 3. The fourth-order valence-corrected chi connectivity index (χ4v) is 2.31. The lowest BCUT2D eigenvalue weighted by atomic mass is 10.1. The number of phenolic OH excluding ortho intramolecular Hbond substituents is 1. The van der Waals surface area contributed by atoms with Crippen LogP contribution >= 0.6 is 15.9 Å². The van der Waals surface area contributed by atoms with E-state index in [2.05, 4.69) is 15.9 Å². The van der Waals surface area contributed by atoms with Crippen LogP contribution in [-0.4, -0.2) is 10.0 Å². The molecule has 0 fully saturated rings. The van der Waals surface area contributed by atoms with Crippen molar-refractivity contribution in [3.63, 3.8) is 0 Å². The highest BCUT2D eigenvalue weighted by Crippen LogP contribution is 2.33. The second-order valence-corrected chi connectivity index (χ2v) is 5.12. The number of halogens is 1. The van der Waals surface area contributed by atoms with Gasteiger partial charge in [-0.25, -0.2) is 0 Å². The zero-order valence-electron chi connectivity index (χ0n) is 10.5. The molecule has 0 heterocycles. The van der Waals surface area contributed by atoms with Crippen LogP contribution in [0.15, 0.2) is 53.0 Å². The third kappa shape index (κ3) is 3.45. The molecule has 2 aromatic carbocycles. The van der Waals surface area contributed by atoms with Crippen molar-refractivity contribution >= 4 is 27.7 Å². The molecule has 0 saturated carbocycles. The zero-order chi connectivity index (χ0) is 14.5. The highest BCUT2D eigenvalue weighted by molar-refractivity contribution is 9.10. The number of nitro groups is 1. The van der Waals surface area contributed by atoms with Gasteiger partial charge in [0.1, 0.15) is 0 Å². The van der Waals surface area contributed by atoms with Crippen LogP contribution < -0.4 is 0 Å². The molecule has 0 spiro atoms. The molecule has 4 nitrogen and oxygen atoms in total. The van der Waals surface area contributed by atoms with Gasteiger partial charge in [-0.15, -0.1) is 0 Å². The van der Waals surface area contributed by atoms with Crippen molar-refractivity contribution in [2.24, 2.45) is 0 Å². The molecule has 0 aliphatic heterocycles. The van der Waals surface area contributed by atoms with Gasteiger partial charge in [0.15, 0.2) is 5.75 Å². The molecule has 20 heavy (non-hydrogen) atoms. The Labute approximate surface area is 124 Å². The molecule has 0 aromatic heterocycles. The van der Waals surface area contributed by atoms with Crippen LogP contribution in [0.5, 0.6) is 5.75 Å². The summed E-state index contributed by atoms with van der Waals surface area (Å²) >= 11 is 3.21. The second kappa shape index (κ2) is 6.34. The molecule has 0 amide bonds. The average molecular weight is 334 g/mol. The van der Waals surface area contributed by atoms with Crippen molar-refractivity contribution in [3.05, 3.63) is 74.3 Å². The number of rotatable bonds is 4. The molecule has 2 aromatic rings. The predicted molar refractivity (Wildman–Crippen MR) is 81.6 cm³/mol. The van der Waals surface area contributed by atoms with Gasteiger partial charge in [0, 0.05) is 16.1 Å². The third-order valence-electron chi connectivity index (χ3n) is 2.78. The Bertz CT molecular complexity index is 654. The first-order chi connectivity index (χ1) is 9.58. The maximum Gasteiger partial charge on any atom is 0.312 e. The van der Waals surface area contributed by atoms with Crippen LogP contribution in [0.3, 0.4) is 0 Å². The first-order valence-electron chi connectivity index (χ1n) is 5.95. The Morgan fingerprint density at radius 3 is 2.60 bits per heavy atom. The van der Waals surface area contributed by atoms with Gasteiger partial charge in [0.2, 0.25) is 0 Å². The third-order valence-corrected chi connectivity index (χ3v) is 3.24. The summed E-state index contributed by atoms with van der Waals surface area (Å²) in [6.45, 7) is 0. The number of hydrogen-bond donors (Lipinski definition) is 1. The Kier molecular flexibility index (Phi) is 4.53. The van der Waals surface area contributed by atoms with Crippen LogP contribution in [0.4, 0.5) is 5.69 Å². The van der Waals surface area contributed by atoms with E-state index in [0.29, 0.717) is 16.5 Å². The maximum atomic E-state index is 10.8. The van der Waals surface area contributed by atoms with Crippen molar-refractivity contribution in [2.75, 3.05) is 0 Å². The van der Waals surface area contributed by atoms with Crippen molar-refractivity contribution in [1.29, 1.82) is 0 Å². The van der Waals surface area contributed by atoms with Crippen LogP contribution in [0.2, 0.25) is 0 Å². The molecule has 0 unspecified atom stereocenters. The van der Waals surface area contributed by atoms with Crippen molar-refractivity contribution in [1.82, 2.24) is 0 Å². The van der Waals surface area contributed by atoms with Crippen LogP contribution in [0, 0.1) is 10.1 Å². The van der Waals surface area contributed by atoms with E-state index in [1.54, 1.807) is 6.07 Å². The Hall–Kier alpha value is -2.14. The van der Waals surface area contributed by atoms with E-state index >= 15 is 0 Å². The van der Waals surface area contributed by atoms with Crippen molar-refractivity contribution < 1.29 is 10.0 Å². The van der Waals surface area contributed by atoms with Gasteiger partial charge in [0.05, 0.1) is 4.92 Å². The minimum Gasteiger partial charge on any atom is -0.502 e. The first-order valence-corrected chi connectivity index (χ1v) is 6.74. The van der Waals surface area contributed by atoms with Gasteiger partial charge in [-0.1, -0.05) is 58.4 Å². The van der Waals surface area contributed by atoms with Gasteiger partial charge in [0.25, 0.3) is 0 Å². The molecule has 2 rings (SSSR count). The van der Waals surface area contributed by atoms with E-state index in [-0.39, 0.29) is 11.4 Å². The lowest BCUT2D eigenvalue weighted by Gasteiger charge is -2.03. The second-order valence-electron chi connectivity index (χ2n) is 4.21. The molecular formula is C15H12BrNO3. The summed E-state index contributed by atoms with van der Waals surface area (Å²) in [5, 5.41) is 20.7. The van der Waals surface area contributed by atoms with E-state index < -0.39 is 4.92 Å². The van der Waals surface area contributed by atoms with E-state index in [9.17, 15) is 15.2 Å². The number of benzene rings is 2. The Balaban J connectivity index is 2.22. The van der Waals surface area contributed by atoms with Gasteiger partial charge in [-0.05, 0) is 18.1 Å². The number of aromatic hydroxyl groups is 1. The van der Waals surface area contributed by atoms with E-state index in [0.717, 1.165) is 5.56 Å². The molecule has 1 N–H and O–H groups in total. The molecule has 0 bridgehead atoms. The molecule has 0 aliphatic carbocycles. The summed E-state index contributed by atoms with van der Waals surface area (Å²) in [6, 6.07) is 12.7. The Morgan fingerprint density at radius 1 is 1.25 bits per heavy atom. The van der Waals surface area contributed by atoms with E-state index in [1.807, 2.05) is 42.5 Å². The largest absolute Gasteiger partial charge is 0.502 e. The molecule has 0 radical (unpaired) electrons. The lowest BCUT2D eigenvalue weighted by Crippen LogP contribution is -1.92. The summed E-state index contributed by atoms with van der Waals surface area (Å²) in [7, 11) is 0. The normalized spacial score (nSPS) is 10.8.